The molecule has 0 aliphatic carbocycles. The van der Waals surface area contributed by atoms with E-state index in [4.69, 9.17) is 16.2 Å². The maximum Gasteiger partial charge on any atom is 0.0754 e. The molecule has 2 atom stereocenters. The molecular weight excluding hydrogens is 164 g/mol. The summed E-state index contributed by atoms with van der Waals surface area (Å²) >= 11 is 0. The summed E-state index contributed by atoms with van der Waals surface area (Å²) in [4.78, 5) is 0. The number of ether oxygens (including phenoxy) is 1. The summed E-state index contributed by atoms with van der Waals surface area (Å²) in [7, 11) is 0. The van der Waals surface area contributed by atoms with Crippen molar-refractivity contribution in [2.75, 3.05) is 0 Å². The molecule has 1 saturated heterocycles. The molecule has 3 nitrogen and oxygen atoms in total. The van der Waals surface area contributed by atoms with Crippen LogP contribution >= 0.6 is 0 Å². The molecule has 1 heterocycles. The van der Waals surface area contributed by atoms with Crippen molar-refractivity contribution in [3.8, 4) is 0 Å². The predicted molar refractivity (Wildman–Crippen MR) is 54.4 cm³/mol. The number of nitrogens with two attached hydrogens (primary N) is 2. The first-order valence-corrected chi connectivity index (χ1v) is 4.94. The molecule has 4 N–H and O–H groups in total. The van der Waals surface area contributed by atoms with E-state index >= 15 is 0 Å². The summed E-state index contributed by atoms with van der Waals surface area (Å²) in [5.41, 5.74) is 11.5. The highest BCUT2D eigenvalue weighted by molar-refractivity contribution is 4.94. The normalized spacial score (nSPS) is 30.9. The zero-order valence-corrected chi connectivity index (χ0v) is 9.13. The van der Waals surface area contributed by atoms with E-state index in [0.29, 0.717) is 0 Å². The summed E-state index contributed by atoms with van der Waals surface area (Å²) in [6.45, 7) is 8.01. The number of hydrogen-bond acceptors (Lipinski definition) is 3. The minimum Gasteiger partial charge on any atom is -0.371 e. The van der Waals surface area contributed by atoms with Gasteiger partial charge in [-0.25, -0.2) is 0 Å². The SMILES string of the molecule is CC(C)(N)C1CCC(C(C)(C)N)O1. The Balaban J connectivity index is 2.55. The summed E-state index contributed by atoms with van der Waals surface area (Å²) in [6, 6.07) is 0. The lowest BCUT2D eigenvalue weighted by atomic mass is 9.93. The molecule has 2 unspecified atom stereocenters. The van der Waals surface area contributed by atoms with E-state index in [1.165, 1.54) is 0 Å². The highest BCUT2D eigenvalue weighted by Crippen LogP contribution is 2.30. The van der Waals surface area contributed by atoms with Gasteiger partial charge in [0.15, 0.2) is 0 Å². The average Bonchev–Trinajstić information content (AvgIpc) is 2.28. The van der Waals surface area contributed by atoms with Gasteiger partial charge >= 0.3 is 0 Å². The van der Waals surface area contributed by atoms with Crippen molar-refractivity contribution in [3.05, 3.63) is 0 Å². The first kappa shape index (κ1) is 11.0. The molecule has 1 aliphatic heterocycles. The Hall–Kier alpha value is -0.120. The maximum atomic E-state index is 5.98. The molecule has 13 heavy (non-hydrogen) atoms. The third-order valence-corrected chi connectivity index (χ3v) is 2.68. The van der Waals surface area contributed by atoms with Crippen molar-refractivity contribution < 1.29 is 4.74 Å². The van der Waals surface area contributed by atoms with Gasteiger partial charge in [-0.05, 0) is 40.5 Å². The first-order chi connectivity index (χ1) is 5.71. The van der Waals surface area contributed by atoms with Crippen LogP contribution in [-0.2, 0) is 4.74 Å². The lowest BCUT2D eigenvalue weighted by molar-refractivity contribution is -0.0193. The van der Waals surface area contributed by atoms with Crippen molar-refractivity contribution in [3.63, 3.8) is 0 Å². The van der Waals surface area contributed by atoms with Crippen LogP contribution in [0.5, 0.6) is 0 Å². The predicted octanol–water partition coefficient (Wildman–Crippen LogP) is 1.01. The minimum absolute atomic E-state index is 0.153. The van der Waals surface area contributed by atoms with Gasteiger partial charge in [0, 0.05) is 11.1 Å². The van der Waals surface area contributed by atoms with Crippen molar-refractivity contribution in [1.82, 2.24) is 0 Å². The molecule has 3 heteroatoms. The quantitative estimate of drug-likeness (QED) is 0.676. The highest BCUT2D eigenvalue weighted by Gasteiger charge is 2.39. The van der Waals surface area contributed by atoms with Gasteiger partial charge in [-0.1, -0.05) is 0 Å². The van der Waals surface area contributed by atoms with E-state index in [9.17, 15) is 0 Å². The van der Waals surface area contributed by atoms with Gasteiger partial charge in [0.1, 0.15) is 0 Å². The topological polar surface area (TPSA) is 61.3 Å². The Labute approximate surface area is 80.8 Å². The number of hydrogen-bond donors (Lipinski definition) is 2. The Kier molecular flexibility index (Phi) is 2.72. The third-order valence-electron chi connectivity index (χ3n) is 2.68. The van der Waals surface area contributed by atoms with Crippen LogP contribution in [0.15, 0.2) is 0 Å². The Morgan fingerprint density at radius 2 is 1.23 bits per heavy atom. The fourth-order valence-corrected chi connectivity index (χ4v) is 1.73. The van der Waals surface area contributed by atoms with Gasteiger partial charge in [0.05, 0.1) is 12.2 Å². The molecule has 0 radical (unpaired) electrons. The zero-order chi connectivity index (χ0) is 10.3. The van der Waals surface area contributed by atoms with Gasteiger partial charge < -0.3 is 16.2 Å². The smallest absolute Gasteiger partial charge is 0.0754 e. The van der Waals surface area contributed by atoms with Gasteiger partial charge in [0.2, 0.25) is 0 Å². The lowest BCUT2D eigenvalue weighted by Crippen LogP contribution is -2.49. The monoisotopic (exact) mass is 186 g/mol. The molecule has 0 saturated carbocycles. The fourth-order valence-electron chi connectivity index (χ4n) is 1.73. The van der Waals surface area contributed by atoms with E-state index in [1.807, 2.05) is 27.7 Å². The average molecular weight is 186 g/mol. The lowest BCUT2D eigenvalue weighted by Gasteiger charge is -2.31. The first-order valence-electron chi connectivity index (χ1n) is 4.94. The summed E-state index contributed by atoms with van der Waals surface area (Å²) in [6.07, 6.45) is 2.35. The fraction of sp³-hybridized carbons (Fsp3) is 1.00. The van der Waals surface area contributed by atoms with Crippen molar-refractivity contribution >= 4 is 0 Å². The van der Waals surface area contributed by atoms with Crippen LogP contribution in [-0.4, -0.2) is 23.3 Å². The molecule has 0 bridgehead atoms. The molecule has 78 valence electrons. The van der Waals surface area contributed by atoms with Gasteiger partial charge in [-0.15, -0.1) is 0 Å². The van der Waals surface area contributed by atoms with Crippen LogP contribution in [0, 0.1) is 0 Å². The Morgan fingerprint density at radius 3 is 1.38 bits per heavy atom. The highest BCUT2D eigenvalue weighted by atomic mass is 16.5. The Bertz CT molecular complexity index is 158. The molecule has 0 aromatic carbocycles. The summed E-state index contributed by atoms with van der Waals surface area (Å²) in [5.74, 6) is 0. The van der Waals surface area contributed by atoms with E-state index in [2.05, 4.69) is 0 Å². The second-order valence-corrected chi connectivity index (χ2v) is 5.33. The standard InChI is InChI=1S/C10H22N2O/c1-9(2,11)7-5-6-8(13-7)10(3,4)12/h7-8H,5-6,11-12H2,1-4H3. The van der Waals surface area contributed by atoms with E-state index < -0.39 is 0 Å². The zero-order valence-electron chi connectivity index (χ0n) is 9.13. The van der Waals surface area contributed by atoms with Gasteiger partial charge in [-0.2, -0.15) is 0 Å². The van der Waals surface area contributed by atoms with E-state index in [0.717, 1.165) is 12.8 Å². The summed E-state index contributed by atoms with van der Waals surface area (Å²) < 4.78 is 5.84. The molecule has 1 aliphatic rings. The van der Waals surface area contributed by atoms with Crippen LogP contribution in [0.3, 0.4) is 0 Å². The van der Waals surface area contributed by atoms with Crippen LogP contribution in [0.2, 0.25) is 0 Å². The van der Waals surface area contributed by atoms with Gasteiger partial charge in [-0.3, -0.25) is 0 Å². The molecule has 1 fully saturated rings. The molecule has 0 aromatic heterocycles. The largest absolute Gasteiger partial charge is 0.371 e. The van der Waals surface area contributed by atoms with Crippen LogP contribution in [0.1, 0.15) is 40.5 Å². The molecular formula is C10H22N2O. The molecule has 0 aromatic rings. The number of rotatable bonds is 2. The maximum absolute atomic E-state index is 5.98. The summed E-state index contributed by atoms with van der Waals surface area (Å²) in [5, 5.41) is 0. The molecule has 0 spiro atoms. The van der Waals surface area contributed by atoms with Crippen LogP contribution in [0.4, 0.5) is 0 Å². The second kappa shape index (κ2) is 3.23. The van der Waals surface area contributed by atoms with Crippen LogP contribution < -0.4 is 11.5 Å². The van der Waals surface area contributed by atoms with E-state index in [-0.39, 0.29) is 23.3 Å². The third kappa shape index (κ3) is 2.66. The minimum atomic E-state index is -0.250. The van der Waals surface area contributed by atoms with E-state index in [1.54, 1.807) is 0 Å². The second-order valence-electron chi connectivity index (χ2n) is 5.33. The van der Waals surface area contributed by atoms with Crippen molar-refractivity contribution in [2.24, 2.45) is 11.5 Å². The molecule has 0 amide bonds. The van der Waals surface area contributed by atoms with Gasteiger partial charge in [0.25, 0.3) is 0 Å². The Morgan fingerprint density at radius 1 is 0.923 bits per heavy atom. The van der Waals surface area contributed by atoms with Crippen LogP contribution in [0.25, 0.3) is 0 Å². The van der Waals surface area contributed by atoms with Crippen molar-refractivity contribution in [2.45, 2.75) is 63.8 Å². The molecule has 1 rings (SSSR count). The van der Waals surface area contributed by atoms with Crippen molar-refractivity contribution in [1.29, 1.82) is 0 Å².